The van der Waals surface area contributed by atoms with Crippen LogP contribution in [0.1, 0.15) is 42.7 Å². The predicted molar refractivity (Wildman–Crippen MR) is 100 cm³/mol. The number of aromatic nitrogens is 1. The van der Waals surface area contributed by atoms with Gasteiger partial charge in [-0.15, -0.1) is 11.3 Å². The lowest BCUT2D eigenvalue weighted by Crippen LogP contribution is -2.37. The Labute approximate surface area is 153 Å². The van der Waals surface area contributed by atoms with E-state index in [0.717, 1.165) is 26.2 Å². The van der Waals surface area contributed by atoms with Crippen LogP contribution >= 0.6 is 11.3 Å². The average molecular weight is 360 g/mol. The van der Waals surface area contributed by atoms with Crippen molar-refractivity contribution in [2.24, 2.45) is 5.41 Å². The largest absolute Gasteiger partial charge is 0.317 e. The maximum atomic E-state index is 13.2. The molecule has 2 aliphatic rings. The predicted octanol–water partition coefficient (Wildman–Crippen LogP) is 4.03. The van der Waals surface area contributed by atoms with E-state index in [9.17, 15) is 4.39 Å². The van der Waals surface area contributed by atoms with E-state index in [1.165, 1.54) is 29.8 Å². The van der Waals surface area contributed by atoms with Gasteiger partial charge in [0.05, 0.1) is 6.54 Å². The fourth-order valence-electron chi connectivity index (χ4n) is 4.36. The molecule has 1 aliphatic heterocycles. The van der Waals surface area contributed by atoms with Gasteiger partial charge in [0.2, 0.25) is 0 Å². The molecule has 1 aliphatic carbocycles. The quantitative estimate of drug-likeness (QED) is 0.844. The number of halogens is 1. The topological polar surface area (TPSA) is 28.2 Å². The number of benzene rings is 1. The summed E-state index contributed by atoms with van der Waals surface area (Å²) in [6, 6.07) is 7.66. The summed E-state index contributed by atoms with van der Waals surface area (Å²) in [6.07, 6.45) is 5.79. The van der Waals surface area contributed by atoms with Crippen molar-refractivity contribution in [3.05, 3.63) is 52.2 Å². The summed E-state index contributed by atoms with van der Waals surface area (Å²) in [4.78, 5) is 7.14. The van der Waals surface area contributed by atoms with Crippen LogP contribution < -0.4 is 5.32 Å². The Morgan fingerprint density at radius 3 is 2.76 bits per heavy atom. The number of thiazole rings is 1. The second kappa shape index (κ2) is 7.14. The highest BCUT2D eigenvalue weighted by atomic mass is 32.1. The summed E-state index contributed by atoms with van der Waals surface area (Å²) < 4.78 is 13.2. The molecule has 1 saturated heterocycles. The molecule has 1 aromatic carbocycles. The highest BCUT2D eigenvalue weighted by molar-refractivity contribution is 7.09. The van der Waals surface area contributed by atoms with Gasteiger partial charge in [-0.2, -0.15) is 0 Å². The van der Waals surface area contributed by atoms with Gasteiger partial charge in [-0.1, -0.05) is 19.1 Å². The third-order valence-corrected chi connectivity index (χ3v) is 6.72. The molecule has 2 fully saturated rings. The van der Waals surface area contributed by atoms with Crippen LogP contribution in [0.25, 0.3) is 0 Å². The first-order valence-electron chi connectivity index (χ1n) is 9.25. The van der Waals surface area contributed by atoms with Gasteiger partial charge in [0, 0.05) is 24.2 Å². The van der Waals surface area contributed by atoms with E-state index < -0.39 is 0 Å². The van der Waals surface area contributed by atoms with Crippen LogP contribution in [0.3, 0.4) is 0 Å². The monoisotopic (exact) mass is 359 g/mol. The van der Waals surface area contributed by atoms with Gasteiger partial charge < -0.3 is 5.32 Å². The normalized spacial score (nSPS) is 23.1. The molecule has 1 N–H and O–H groups in total. The molecule has 25 heavy (non-hydrogen) atoms. The highest BCUT2D eigenvalue weighted by Gasteiger charge is 2.56. The molecular weight excluding hydrogens is 333 g/mol. The summed E-state index contributed by atoms with van der Waals surface area (Å²) in [5, 5.41) is 6.75. The molecule has 0 radical (unpaired) electrons. The summed E-state index contributed by atoms with van der Waals surface area (Å²) >= 11 is 1.74. The second-order valence-electron chi connectivity index (χ2n) is 7.64. The summed E-state index contributed by atoms with van der Waals surface area (Å²) in [6.45, 7) is 6.48. The Morgan fingerprint density at radius 2 is 2.08 bits per heavy atom. The van der Waals surface area contributed by atoms with Crippen LogP contribution in [0.5, 0.6) is 0 Å². The summed E-state index contributed by atoms with van der Waals surface area (Å²) in [5.74, 6) is 0.228. The molecule has 0 bridgehead atoms. The summed E-state index contributed by atoms with van der Waals surface area (Å²) in [5.41, 5.74) is 1.73. The minimum absolute atomic E-state index is 0.161. The first kappa shape index (κ1) is 17.1. The standard InChI is InChI=1S/C20H26FN3S/c1-15(16-2-4-17(21)5-3-16)13-24(14-19-23-10-11-25-19)18-12-20(18)6-8-22-9-7-20/h2-5,10-11,15,18,22H,6-9,12-14H2,1H3. The van der Waals surface area contributed by atoms with Crippen LogP contribution in [0.2, 0.25) is 0 Å². The number of hydrogen-bond donors (Lipinski definition) is 1. The third-order valence-electron chi connectivity index (χ3n) is 5.96. The van der Waals surface area contributed by atoms with Crippen molar-refractivity contribution >= 4 is 11.3 Å². The van der Waals surface area contributed by atoms with Crippen LogP contribution in [0, 0.1) is 11.2 Å². The maximum Gasteiger partial charge on any atom is 0.123 e. The van der Waals surface area contributed by atoms with E-state index in [-0.39, 0.29) is 5.82 Å². The Kier molecular flexibility index (Phi) is 4.89. The number of rotatable bonds is 6. The molecule has 1 saturated carbocycles. The Morgan fingerprint density at radius 1 is 1.32 bits per heavy atom. The fraction of sp³-hybridized carbons (Fsp3) is 0.550. The van der Waals surface area contributed by atoms with Gasteiger partial charge in [0.1, 0.15) is 10.8 Å². The lowest BCUT2D eigenvalue weighted by molar-refractivity contribution is 0.187. The zero-order valence-corrected chi connectivity index (χ0v) is 15.6. The van der Waals surface area contributed by atoms with Crippen molar-refractivity contribution in [3.63, 3.8) is 0 Å². The number of hydrogen-bond acceptors (Lipinski definition) is 4. The lowest BCUT2D eigenvalue weighted by Gasteiger charge is -2.31. The Balaban J connectivity index is 1.48. The average Bonchev–Trinajstić information content (AvgIpc) is 3.05. The van der Waals surface area contributed by atoms with Crippen LogP contribution in [0.15, 0.2) is 35.8 Å². The van der Waals surface area contributed by atoms with E-state index in [1.54, 1.807) is 23.5 Å². The zero-order valence-electron chi connectivity index (χ0n) is 14.7. The lowest BCUT2D eigenvalue weighted by atomic mass is 9.93. The number of piperidine rings is 1. The van der Waals surface area contributed by atoms with Crippen LogP contribution in [-0.4, -0.2) is 35.6 Å². The van der Waals surface area contributed by atoms with E-state index in [1.807, 2.05) is 18.3 Å². The van der Waals surface area contributed by atoms with Crippen molar-refractivity contribution < 1.29 is 4.39 Å². The molecule has 134 valence electrons. The molecule has 2 unspecified atom stereocenters. The van der Waals surface area contributed by atoms with Gasteiger partial charge in [-0.05, 0) is 61.4 Å². The molecule has 1 aromatic heterocycles. The van der Waals surface area contributed by atoms with E-state index in [4.69, 9.17) is 0 Å². The molecule has 2 aromatic rings. The molecule has 2 atom stereocenters. The molecule has 2 heterocycles. The molecular formula is C20H26FN3S. The first-order valence-corrected chi connectivity index (χ1v) is 10.1. The first-order chi connectivity index (χ1) is 12.2. The molecule has 5 heteroatoms. The summed E-state index contributed by atoms with van der Waals surface area (Å²) in [7, 11) is 0. The van der Waals surface area contributed by atoms with Gasteiger partial charge >= 0.3 is 0 Å². The second-order valence-corrected chi connectivity index (χ2v) is 8.62. The van der Waals surface area contributed by atoms with E-state index >= 15 is 0 Å². The Hall–Kier alpha value is -1.30. The van der Waals surface area contributed by atoms with E-state index in [0.29, 0.717) is 17.4 Å². The minimum Gasteiger partial charge on any atom is -0.317 e. The van der Waals surface area contributed by atoms with Gasteiger partial charge in [-0.25, -0.2) is 9.37 Å². The zero-order chi connectivity index (χ0) is 17.3. The Bertz CT molecular complexity index is 679. The van der Waals surface area contributed by atoms with Crippen molar-refractivity contribution in [1.82, 2.24) is 15.2 Å². The SMILES string of the molecule is CC(CN(Cc1nccs1)C1CC12CCNCC2)c1ccc(F)cc1. The van der Waals surface area contributed by atoms with Gasteiger partial charge in [0.25, 0.3) is 0 Å². The van der Waals surface area contributed by atoms with Gasteiger partial charge in [-0.3, -0.25) is 4.90 Å². The maximum absolute atomic E-state index is 13.2. The van der Waals surface area contributed by atoms with Crippen molar-refractivity contribution in [1.29, 1.82) is 0 Å². The third kappa shape index (κ3) is 3.78. The smallest absolute Gasteiger partial charge is 0.123 e. The number of nitrogens with zero attached hydrogens (tertiary/aromatic N) is 2. The van der Waals surface area contributed by atoms with E-state index in [2.05, 4.69) is 27.5 Å². The fourth-order valence-corrected chi connectivity index (χ4v) is 5.00. The minimum atomic E-state index is -0.161. The molecule has 0 amide bonds. The van der Waals surface area contributed by atoms with Crippen molar-refractivity contribution in [3.8, 4) is 0 Å². The molecule has 1 spiro atoms. The van der Waals surface area contributed by atoms with Crippen molar-refractivity contribution in [2.75, 3.05) is 19.6 Å². The molecule has 4 rings (SSSR count). The number of nitrogens with one attached hydrogen (secondary N) is 1. The van der Waals surface area contributed by atoms with Gasteiger partial charge in [0.15, 0.2) is 0 Å². The van der Waals surface area contributed by atoms with Crippen LogP contribution in [0.4, 0.5) is 4.39 Å². The molecule has 3 nitrogen and oxygen atoms in total. The highest BCUT2D eigenvalue weighted by Crippen LogP contribution is 2.56. The van der Waals surface area contributed by atoms with Crippen molar-refractivity contribution in [2.45, 2.75) is 44.7 Å². The van der Waals surface area contributed by atoms with Crippen LogP contribution in [-0.2, 0) is 6.54 Å².